The van der Waals surface area contributed by atoms with Crippen LogP contribution in [0, 0.1) is 5.82 Å². The van der Waals surface area contributed by atoms with E-state index in [9.17, 15) is 9.18 Å². The molecular formula is C22H20FN3O2. The number of carbonyl (C=O) groups is 1. The van der Waals surface area contributed by atoms with Gasteiger partial charge in [0.1, 0.15) is 18.2 Å². The standard InChI is InChI=1S/C22H20FN3O2/c23-19-8-10-20(11-9-19)24-15-22(27)26-25-14-17-6-12-21(13-7-17)28-16-18-4-2-1-3-5-18/h1-14,24H,15-16H2,(H,26,27)/b25-14-. The molecule has 3 rings (SSSR count). The topological polar surface area (TPSA) is 62.7 Å². The number of hydrazone groups is 1. The molecule has 0 aromatic heterocycles. The van der Waals surface area contributed by atoms with E-state index in [1.54, 1.807) is 18.3 Å². The Bertz CT molecular complexity index is 911. The van der Waals surface area contributed by atoms with Crippen molar-refractivity contribution in [3.63, 3.8) is 0 Å². The lowest BCUT2D eigenvalue weighted by Gasteiger charge is -2.06. The maximum Gasteiger partial charge on any atom is 0.259 e. The third-order valence-corrected chi connectivity index (χ3v) is 3.83. The number of anilines is 1. The number of ether oxygens (including phenoxy) is 1. The Morgan fingerprint density at radius 1 is 0.964 bits per heavy atom. The number of carbonyl (C=O) groups excluding carboxylic acids is 1. The largest absolute Gasteiger partial charge is 0.489 e. The Labute approximate surface area is 162 Å². The van der Waals surface area contributed by atoms with Crippen LogP contribution in [0.1, 0.15) is 11.1 Å². The molecular weight excluding hydrogens is 357 g/mol. The molecule has 0 saturated heterocycles. The quantitative estimate of drug-likeness (QED) is 0.461. The molecule has 0 saturated carbocycles. The third-order valence-electron chi connectivity index (χ3n) is 3.83. The van der Waals surface area contributed by atoms with Crippen LogP contribution in [0.2, 0.25) is 0 Å². The van der Waals surface area contributed by atoms with Crippen molar-refractivity contribution in [3.05, 3.63) is 95.8 Å². The van der Waals surface area contributed by atoms with Crippen LogP contribution in [0.25, 0.3) is 0 Å². The van der Waals surface area contributed by atoms with Crippen molar-refractivity contribution in [3.8, 4) is 5.75 Å². The Morgan fingerprint density at radius 2 is 1.68 bits per heavy atom. The second kappa shape index (κ2) is 9.87. The first-order chi connectivity index (χ1) is 13.7. The number of hydrogen-bond acceptors (Lipinski definition) is 4. The van der Waals surface area contributed by atoms with Gasteiger partial charge in [-0.05, 0) is 59.7 Å². The van der Waals surface area contributed by atoms with E-state index >= 15 is 0 Å². The summed E-state index contributed by atoms with van der Waals surface area (Å²) in [5.41, 5.74) is 5.03. The number of amides is 1. The SMILES string of the molecule is O=C(CNc1ccc(F)cc1)N/N=C\c1ccc(OCc2ccccc2)cc1. The highest BCUT2D eigenvalue weighted by Gasteiger charge is 2.00. The van der Waals surface area contributed by atoms with E-state index in [4.69, 9.17) is 4.74 Å². The van der Waals surface area contributed by atoms with Gasteiger partial charge in [-0.15, -0.1) is 0 Å². The van der Waals surface area contributed by atoms with Crippen LogP contribution in [-0.4, -0.2) is 18.7 Å². The predicted molar refractivity (Wildman–Crippen MR) is 108 cm³/mol. The lowest BCUT2D eigenvalue weighted by atomic mass is 10.2. The predicted octanol–water partition coefficient (Wildman–Crippen LogP) is 3.97. The average Bonchev–Trinajstić information content (AvgIpc) is 2.73. The first kappa shape index (κ1) is 19.1. The molecule has 28 heavy (non-hydrogen) atoms. The zero-order valence-corrected chi connectivity index (χ0v) is 15.1. The summed E-state index contributed by atoms with van der Waals surface area (Å²) < 4.78 is 18.6. The first-order valence-corrected chi connectivity index (χ1v) is 8.77. The molecule has 0 radical (unpaired) electrons. The van der Waals surface area contributed by atoms with Crippen molar-refractivity contribution in [1.29, 1.82) is 0 Å². The van der Waals surface area contributed by atoms with Gasteiger partial charge < -0.3 is 10.1 Å². The lowest BCUT2D eigenvalue weighted by Crippen LogP contribution is -2.25. The Morgan fingerprint density at radius 3 is 2.39 bits per heavy atom. The van der Waals surface area contributed by atoms with E-state index in [0.29, 0.717) is 12.3 Å². The lowest BCUT2D eigenvalue weighted by molar-refractivity contribution is -0.119. The Balaban J connectivity index is 1.41. The summed E-state index contributed by atoms with van der Waals surface area (Å²) in [7, 11) is 0. The van der Waals surface area contributed by atoms with Gasteiger partial charge in [0.15, 0.2) is 0 Å². The second-order valence-corrected chi connectivity index (χ2v) is 6.00. The number of benzene rings is 3. The Hall–Kier alpha value is -3.67. The van der Waals surface area contributed by atoms with Gasteiger partial charge in [-0.1, -0.05) is 30.3 Å². The molecule has 0 aliphatic heterocycles. The maximum atomic E-state index is 12.8. The summed E-state index contributed by atoms with van der Waals surface area (Å²) in [5.74, 6) is 0.132. The fourth-order valence-electron chi connectivity index (χ4n) is 2.36. The molecule has 0 atom stereocenters. The van der Waals surface area contributed by atoms with Crippen LogP contribution in [-0.2, 0) is 11.4 Å². The highest BCUT2D eigenvalue weighted by molar-refractivity contribution is 5.84. The summed E-state index contributed by atoms with van der Waals surface area (Å²) in [5, 5.41) is 6.81. The van der Waals surface area contributed by atoms with Crippen molar-refractivity contribution < 1.29 is 13.9 Å². The summed E-state index contributed by atoms with van der Waals surface area (Å²) in [4.78, 5) is 11.8. The molecule has 6 heteroatoms. The molecule has 3 aromatic carbocycles. The molecule has 1 amide bonds. The summed E-state index contributed by atoms with van der Waals surface area (Å²) in [6.07, 6.45) is 1.55. The number of nitrogens with zero attached hydrogens (tertiary/aromatic N) is 1. The fourth-order valence-corrected chi connectivity index (χ4v) is 2.36. The van der Waals surface area contributed by atoms with E-state index in [1.165, 1.54) is 12.1 Å². The zero-order valence-electron chi connectivity index (χ0n) is 15.1. The van der Waals surface area contributed by atoms with Gasteiger partial charge in [-0.25, -0.2) is 9.82 Å². The average molecular weight is 377 g/mol. The number of nitrogens with one attached hydrogen (secondary N) is 2. The minimum atomic E-state index is -0.323. The minimum Gasteiger partial charge on any atom is -0.489 e. The fraction of sp³-hybridized carbons (Fsp3) is 0.0909. The van der Waals surface area contributed by atoms with Crippen LogP contribution < -0.4 is 15.5 Å². The summed E-state index contributed by atoms with van der Waals surface area (Å²) in [6.45, 7) is 0.542. The van der Waals surface area contributed by atoms with E-state index in [0.717, 1.165) is 16.9 Å². The molecule has 5 nitrogen and oxygen atoms in total. The minimum absolute atomic E-state index is 0.0369. The highest BCUT2D eigenvalue weighted by atomic mass is 19.1. The smallest absolute Gasteiger partial charge is 0.259 e. The molecule has 0 aliphatic rings. The normalized spacial score (nSPS) is 10.6. The van der Waals surface area contributed by atoms with Gasteiger partial charge in [0, 0.05) is 5.69 Å². The second-order valence-electron chi connectivity index (χ2n) is 6.00. The molecule has 0 aliphatic carbocycles. The summed E-state index contributed by atoms with van der Waals surface area (Å²) in [6, 6.07) is 23.1. The first-order valence-electron chi connectivity index (χ1n) is 8.77. The number of rotatable bonds is 8. The molecule has 0 unspecified atom stereocenters. The van der Waals surface area contributed by atoms with E-state index in [-0.39, 0.29) is 18.3 Å². The van der Waals surface area contributed by atoms with Crippen molar-refractivity contribution in [2.24, 2.45) is 5.10 Å². The van der Waals surface area contributed by atoms with E-state index in [2.05, 4.69) is 15.8 Å². The Kier molecular flexibility index (Phi) is 6.73. The van der Waals surface area contributed by atoms with Gasteiger partial charge in [-0.3, -0.25) is 4.79 Å². The van der Waals surface area contributed by atoms with Crippen molar-refractivity contribution in [2.45, 2.75) is 6.61 Å². The van der Waals surface area contributed by atoms with Gasteiger partial charge in [0.2, 0.25) is 0 Å². The molecule has 0 heterocycles. The van der Waals surface area contributed by atoms with Gasteiger partial charge in [0.05, 0.1) is 12.8 Å². The van der Waals surface area contributed by atoms with E-state index < -0.39 is 0 Å². The molecule has 2 N–H and O–H groups in total. The van der Waals surface area contributed by atoms with Crippen LogP contribution in [0.4, 0.5) is 10.1 Å². The molecule has 0 spiro atoms. The third kappa shape index (κ3) is 6.25. The maximum absolute atomic E-state index is 12.8. The molecule has 0 bridgehead atoms. The highest BCUT2D eigenvalue weighted by Crippen LogP contribution is 2.13. The molecule has 142 valence electrons. The van der Waals surface area contributed by atoms with Crippen molar-refractivity contribution in [1.82, 2.24) is 5.43 Å². The zero-order chi connectivity index (χ0) is 19.6. The van der Waals surface area contributed by atoms with Gasteiger partial charge >= 0.3 is 0 Å². The van der Waals surface area contributed by atoms with Crippen LogP contribution in [0.15, 0.2) is 84.0 Å². The van der Waals surface area contributed by atoms with Crippen molar-refractivity contribution >= 4 is 17.8 Å². The van der Waals surface area contributed by atoms with Gasteiger partial charge in [0.25, 0.3) is 5.91 Å². The molecule has 3 aromatic rings. The van der Waals surface area contributed by atoms with Gasteiger partial charge in [-0.2, -0.15) is 5.10 Å². The number of hydrogen-bond donors (Lipinski definition) is 2. The monoisotopic (exact) mass is 377 g/mol. The summed E-state index contributed by atoms with van der Waals surface area (Å²) >= 11 is 0. The van der Waals surface area contributed by atoms with Crippen LogP contribution in [0.5, 0.6) is 5.75 Å². The van der Waals surface area contributed by atoms with E-state index in [1.807, 2.05) is 54.6 Å². The molecule has 0 fully saturated rings. The van der Waals surface area contributed by atoms with Crippen molar-refractivity contribution in [2.75, 3.05) is 11.9 Å². The van der Waals surface area contributed by atoms with Crippen LogP contribution >= 0.6 is 0 Å². The van der Waals surface area contributed by atoms with Crippen LogP contribution in [0.3, 0.4) is 0 Å². The number of halogens is 1.